The summed E-state index contributed by atoms with van der Waals surface area (Å²) in [5.41, 5.74) is 2.19. The lowest BCUT2D eigenvalue weighted by Gasteiger charge is -2.07. The fourth-order valence-electron chi connectivity index (χ4n) is 2.12. The van der Waals surface area contributed by atoms with Gasteiger partial charge >= 0.3 is 6.03 Å². The van der Waals surface area contributed by atoms with Gasteiger partial charge in [0.25, 0.3) is 0 Å². The average Bonchev–Trinajstić information content (AvgIpc) is 3.19. The van der Waals surface area contributed by atoms with E-state index >= 15 is 0 Å². The first-order valence-corrected chi connectivity index (χ1v) is 7.21. The number of aryl methyl sites for hydroxylation is 1. The Morgan fingerprint density at radius 1 is 1.26 bits per heavy atom. The largest absolute Gasteiger partial charge is 0.360 e. The number of aromatic nitrogens is 3. The Hall–Kier alpha value is -3.09. The van der Waals surface area contributed by atoms with Gasteiger partial charge in [0.05, 0.1) is 6.33 Å². The average molecular weight is 311 g/mol. The highest BCUT2D eigenvalue weighted by molar-refractivity contribution is 5.88. The molecule has 0 radical (unpaired) electrons. The van der Waals surface area contributed by atoms with Gasteiger partial charge in [0.1, 0.15) is 5.76 Å². The number of carbonyl (C=O) groups excluding carboxylic acids is 1. The van der Waals surface area contributed by atoms with E-state index in [-0.39, 0.29) is 6.03 Å². The molecule has 7 heteroatoms. The van der Waals surface area contributed by atoms with Crippen molar-refractivity contribution in [1.82, 2.24) is 20.0 Å². The van der Waals surface area contributed by atoms with Crippen LogP contribution in [0.3, 0.4) is 0 Å². The van der Waals surface area contributed by atoms with Crippen molar-refractivity contribution in [3.8, 4) is 0 Å². The summed E-state index contributed by atoms with van der Waals surface area (Å²) in [4.78, 5) is 15.8. The Bertz CT molecular complexity index is 762. The van der Waals surface area contributed by atoms with Crippen molar-refractivity contribution in [2.75, 3.05) is 5.32 Å². The minimum Gasteiger partial charge on any atom is -0.360 e. The van der Waals surface area contributed by atoms with E-state index in [1.165, 1.54) is 5.56 Å². The molecule has 2 aromatic heterocycles. The number of rotatable bonds is 5. The van der Waals surface area contributed by atoms with Gasteiger partial charge in [0, 0.05) is 31.5 Å². The van der Waals surface area contributed by atoms with Gasteiger partial charge in [-0.2, -0.15) is 0 Å². The highest BCUT2D eigenvalue weighted by Gasteiger charge is 2.05. The zero-order chi connectivity index (χ0) is 16.1. The lowest BCUT2D eigenvalue weighted by atomic mass is 10.1. The van der Waals surface area contributed by atoms with Gasteiger partial charge in [-0.05, 0) is 18.1 Å². The third kappa shape index (κ3) is 4.19. The summed E-state index contributed by atoms with van der Waals surface area (Å²) in [5, 5.41) is 9.09. The molecular weight excluding hydrogens is 294 g/mol. The first kappa shape index (κ1) is 14.8. The van der Waals surface area contributed by atoms with Crippen LogP contribution in [0, 0.1) is 6.92 Å². The van der Waals surface area contributed by atoms with Gasteiger partial charge in [-0.25, -0.2) is 9.78 Å². The number of nitrogens with one attached hydrogen (secondary N) is 2. The maximum absolute atomic E-state index is 11.8. The molecule has 0 aliphatic rings. The molecule has 0 bridgehead atoms. The molecule has 0 fully saturated rings. The summed E-state index contributed by atoms with van der Waals surface area (Å²) in [6.45, 7) is 2.98. The lowest BCUT2D eigenvalue weighted by molar-refractivity contribution is 0.251. The molecule has 23 heavy (non-hydrogen) atoms. The molecule has 3 aromatic rings. The second-order valence-corrected chi connectivity index (χ2v) is 5.18. The van der Waals surface area contributed by atoms with Crippen molar-refractivity contribution < 1.29 is 9.32 Å². The van der Waals surface area contributed by atoms with E-state index in [1.54, 1.807) is 25.5 Å². The van der Waals surface area contributed by atoms with Gasteiger partial charge in [-0.1, -0.05) is 29.4 Å². The number of hydrogen-bond donors (Lipinski definition) is 2. The van der Waals surface area contributed by atoms with Crippen molar-refractivity contribution in [2.45, 2.75) is 20.0 Å². The van der Waals surface area contributed by atoms with Crippen LogP contribution in [0.25, 0.3) is 0 Å². The van der Waals surface area contributed by atoms with Crippen molar-refractivity contribution in [2.24, 2.45) is 0 Å². The van der Waals surface area contributed by atoms with Crippen LogP contribution in [0.15, 0.2) is 53.6 Å². The highest BCUT2D eigenvalue weighted by Crippen LogP contribution is 2.08. The maximum atomic E-state index is 11.8. The first-order valence-electron chi connectivity index (χ1n) is 7.21. The molecule has 118 valence electrons. The van der Waals surface area contributed by atoms with Crippen LogP contribution < -0.4 is 10.6 Å². The molecule has 0 aliphatic carbocycles. The molecule has 2 heterocycles. The fourth-order valence-corrected chi connectivity index (χ4v) is 2.12. The molecule has 2 N–H and O–H groups in total. The minimum absolute atomic E-state index is 0.319. The van der Waals surface area contributed by atoms with E-state index < -0.39 is 0 Å². The Morgan fingerprint density at radius 3 is 2.70 bits per heavy atom. The van der Waals surface area contributed by atoms with E-state index in [9.17, 15) is 4.79 Å². The SMILES string of the molecule is Cc1cc(NC(=O)NCc2ccc(Cn3ccnc3)cc2)no1. The summed E-state index contributed by atoms with van der Waals surface area (Å²) < 4.78 is 6.89. The van der Waals surface area contributed by atoms with Gasteiger partial charge < -0.3 is 14.4 Å². The van der Waals surface area contributed by atoms with E-state index in [0.717, 1.165) is 12.1 Å². The van der Waals surface area contributed by atoms with Crippen LogP contribution in [0.4, 0.5) is 10.6 Å². The fraction of sp³-hybridized carbons (Fsp3) is 0.188. The Morgan fingerprint density at radius 2 is 2.04 bits per heavy atom. The topological polar surface area (TPSA) is 85.0 Å². The quantitative estimate of drug-likeness (QED) is 0.758. The number of carbonyl (C=O) groups is 1. The van der Waals surface area contributed by atoms with E-state index in [2.05, 4.69) is 20.8 Å². The monoisotopic (exact) mass is 311 g/mol. The molecule has 0 aliphatic heterocycles. The number of anilines is 1. The van der Waals surface area contributed by atoms with Crippen LogP contribution >= 0.6 is 0 Å². The van der Waals surface area contributed by atoms with Crippen LogP contribution in [0.1, 0.15) is 16.9 Å². The van der Waals surface area contributed by atoms with E-state index in [1.807, 2.05) is 35.0 Å². The number of benzene rings is 1. The van der Waals surface area contributed by atoms with Crippen LogP contribution in [-0.2, 0) is 13.1 Å². The molecule has 0 atom stereocenters. The molecule has 7 nitrogen and oxygen atoms in total. The van der Waals surface area contributed by atoms with E-state index in [0.29, 0.717) is 18.1 Å². The third-order valence-corrected chi connectivity index (χ3v) is 3.27. The predicted molar refractivity (Wildman–Crippen MR) is 84.9 cm³/mol. The second-order valence-electron chi connectivity index (χ2n) is 5.18. The standard InChI is InChI=1S/C16H17N5O2/c1-12-8-15(20-23-12)19-16(22)18-9-13-2-4-14(5-3-13)10-21-7-6-17-11-21/h2-8,11H,9-10H2,1H3,(H2,18,19,20,22). The van der Waals surface area contributed by atoms with Crippen LogP contribution in [0.2, 0.25) is 0 Å². The molecule has 3 rings (SSSR count). The van der Waals surface area contributed by atoms with Crippen LogP contribution in [0.5, 0.6) is 0 Å². The molecule has 0 saturated carbocycles. The number of imidazole rings is 1. The summed E-state index contributed by atoms with van der Waals surface area (Å²) >= 11 is 0. The summed E-state index contributed by atoms with van der Waals surface area (Å²) in [6.07, 6.45) is 5.46. The molecule has 2 amide bonds. The summed E-state index contributed by atoms with van der Waals surface area (Å²) in [5.74, 6) is 1.05. The van der Waals surface area contributed by atoms with Crippen molar-refractivity contribution >= 4 is 11.8 Å². The summed E-state index contributed by atoms with van der Waals surface area (Å²) in [6, 6.07) is 9.40. The number of nitrogens with zero attached hydrogens (tertiary/aromatic N) is 3. The number of urea groups is 1. The normalized spacial score (nSPS) is 10.5. The first-order chi connectivity index (χ1) is 11.2. The van der Waals surface area contributed by atoms with Crippen molar-refractivity contribution in [3.05, 3.63) is 65.9 Å². The molecule has 0 spiro atoms. The van der Waals surface area contributed by atoms with Crippen LogP contribution in [-0.4, -0.2) is 20.7 Å². The number of hydrogen-bond acceptors (Lipinski definition) is 4. The maximum Gasteiger partial charge on any atom is 0.320 e. The van der Waals surface area contributed by atoms with Crippen molar-refractivity contribution in [1.29, 1.82) is 0 Å². The molecule has 0 saturated heterocycles. The molecule has 0 unspecified atom stereocenters. The summed E-state index contributed by atoms with van der Waals surface area (Å²) in [7, 11) is 0. The zero-order valence-electron chi connectivity index (χ0n) is 12.7. The van der Waals surface area contributed by atoms with Gasteiger partial charge in [0.15, 0.2) is 5.82 Å². The smallest absolute Gasteiger partial charge is 0.320 e. The molecular formula is C16H17N5O2. The molecule has 1 aromatic carbocycles. The van der Waals surface area contributed by atoms with Gasteiger partial charge in [-0.15, -0.1) is 0 Å². The Labute approximate surface area is 133 Å². The lowest BCUT2D eigenvalue weighted by Crippen LogP contribution is -2.28. The predicted octanol–water partition coefficient (Wildman–Crippen LogP) is 2.55. The number of amides is 2. The highest BCUT2D eigenvalue weighted by atomic mass is 16.5. The Balaban J connectivity index is 1.49. The third-order valence-electron chi connectivity index (χ3n) is 3.27. The minimum atomic E-state index is -0.319. The Kier molecular flexibility index (Phi) is 4.37. The van der Waals surface area contributed by atoms with E-state index in [4.69, 9.17) is 4.52 Å². The second kappa shape index (κ2) is 6.78. The zero-order valence-corrected chi connectivity index (χ0v) is 12.7. The van der Waals surface area contributed by atoms with Gasteiger partial charge in [0.2, 0.25) is 0 Å². The van der Waals surface area contributed by atoms with Gasteiger partial charge in [-0.3, -0.25) is 5.32 Å². The van der Waals surface area contributed by atoms with Crippen molar-refractivity contribution in [3.63, 3.8) is 0 Å².